The Hall–Kier alpha value is -1.58. The van der Waals surface area contributed by atoms with Gasteiger partial charge in [0.1, 0.15) is 11.9 Å². The van der Waals surface area contributed by atoms with Crippen LogP contribution in [-0.4, -0.2) is 24.1 Å². The Kier molecular flexibility index (Phi) is 3.61. The minimum atomic E-state index is -1.09. The van der Waals surface area contributed by atoms with E-state index in [9.17, 15) is 14.3 Å². The zero-order chi connectivity index (χ0) is 12.3. The molecule has 0 aromatic heterocycles. The highest BCUT2D eigenvalue weighted by atomic mass is 19.1. The molecule has 1 heterocycles. The SMILES string of the molecule is O=C([O-])N1CCCC(Cc2ccc(F)cc2)C1. The van der Waals surface area contributed by atoms with E-state index in [2.05, 4.69) is 0 Å². The van der Waals surface area contributed by atoms with Crippen molar-refractivity contribution in [3.8, 4) is 0 Å². The van der Waals surface area contributed by atoms with E-state index in [4.69, 9.17) is 0 Å². The second kappa shape index (κ2) is 5.17. The largest absolute Gasteiger partial charge is 0.530 e. The molecule has 0 N–H and O–H groups in total. The molecule has 1 saturated heterocycles. The molecule has 1 unspecified atom stereocenters. The number of hydrogen-bond acceptors (Lipinski definition) is 2. The summed E-state index contributed by atoms with van der Waals surface area (Å²) in [6.45, 7) is 1.10. The maximum atomic E-state index is 12.7. The van der Waals surface area contributed by atoms with Crippen molar-refractivity contribution in [1.29, 1.82) is 0 Å². The van der Waals surface area contributed by atoms with E-state index >= 15 is 0 Å². The van der Waals surface area contributed by atoms with Gasteiger partial charge in [-0.05, 0) is 42.9 Å². The minimum absolute atomic E-state index is 0.242. The first kappa shape index (κ1) is 11.9. The van der Waals surface area contributed by atoms with E-state index in [0.29, 0.717) is 19.0 Å². The molecule has 92 valence electrons. The third-order valence-corrected chi connectivity index (χ3v) is 3.21. The van der Waals surface area contributed by atoms with Crippen LogP contribution in [0.5, 0.6) is 0 Å². The fourth-order valence-electron chi connectivity index (χ4n) is 2.35. The van der Waals surface area contributed by atoms with E-state index < -0.39 is 6.09 Å². The lowest BCUT2D eigenvalue weighted by molar-refractivity contribution is -0.267. The number of piperidine rings is 1. The van der Waals surface area contributed by atoms with Crippen LogP contribution in [0, 0.1) is 11.7 Å². The highest BCUT2D eigenvalue weighted by Crippen LogP contribution is 2.20. The summed E-state index contributed by atoms with van der Waals surface area (Å²) >= 11 is 0. The van der Waals surface area contributed by atoms with Gasteiger partial charge >= 0.3 is 0 Å². The minimum Gasteiger partial charge on any atom is -0.530 e. The Labute approximate surface area is 99.9 Å². The van der Waals surface area contributed by atoms with Crippen LogP contribution < -0.4 is 5.11 Å². The highest BCUT2D eigenvalue weighted by Gasteiger charge is 2.19. The predicted octanol–water partition coefficient (Wildman–Crippen LogP) is 1.42. The topological polar surface area (TPSA) is 43.4 Å². The Bertz CT molecular complexity index is 391. The first-order valence-corrected chi connectivity index (χ1v) is 5.85. The van der Waals surface area contributed by atoms with E-state index in [-0.39, 0.29) is 5.82 Å². The Morgan fingerprint density at radius 2 is 2.12 bits per heavy atom. The summed E-state index contributed by atoms with van der Waals surface area (Å²) in [6, 6.07) is 6.39. The molecule has 2 rings (SSSR count). The molecular weight excluding hydrogens is 221 g/mol. The van der Waals surface area contributed by atoms with Crippen molar-refractivity contribution in [3.05, 3.63) is 35.6 Å². The maximum Gasteiger partial charge on any atom is 0.136 e. The van der Waals surface area contributed by atoms with Crippen LogP contribution in [0.1, 0.15) is 18.4 Å². The van der Waals surface area contributed by atoms with E-state index in [1.807, 2.05) is 0 Å². The second-order valence-corrected chi connectivity index (χ2v) is 4.55. The molecule has 0 radical (unpaired) electrons. The van der Waals surface area contributed by atoms with Crippen LogP contribution in [0.4, 0.5) is 9.18 Å². The molecule has 0 bridgehead atoms. The molecule has 17 heavy (non-hydrogen) atoms. The summed E-state index contributed by atoms with van der Waals surface area (Å²) in [4.78, 5) is 12.1. The molecule has 1 aliphatic heterocycles. The van der Waals surface area contributed by atoms with Gasteiger partial charge in [-0.25, -0.2) is 4.39 Å². The van der Waals surface area contributed by atoms with Gasteiger partial charge in [-0.2, -0.15) is 0 Å². The zero-order valence-corrected chi connectivity index (χ0v) is 9.56. The van der Waals surface area contributed by atoms with Gasteiger partial charge in [0.05, 0.1) is 0 Å². The fraction of sp³-hybridized carbons (Fsp3) is 0.462. The lowest BCUT2D eigenvalue weighted by Gasteiger charge is -2.34. The van der Waals surface area contributed by atoms with Gasteiger partial charge < -0.3 is 14.8 Å². The fourth-order valence-corrected chi connectivity index (χ4v) is 2.35. The first-order valence-electron chi connectivity index (χ1n) is 5.85. The summed E-state index contributed by atoms with van der Waals surface area (Å²) < 4.78 is 12.7. The Balaban J connectivity index is 1.94. The monoisotopic (exact) mass is 236 g/mol. The van der Waals surface area contributed by atoms with Crippen molar-refractivity contribution in [3.63, 3.8) is 0 Å². The standard InChI is InChI=1S/C13H16FNO2/c14-12-5-3-10(4-6-12)8-11-2-1-7-15(9-11)13(16)17/h3-6,11H,1-2,7-9H2,(H,16,17)/p-1. The number of likely N-dealkylation sites (tertiary alicyclic amines) is 1. The molecule has 1 fully saturated rings. The lowest BCUT2D eigenvalue weighted by Crippen LogP contribution is -2.46. The number of rotatable bonds is 2. The van der Waals surface area contributed by atoms with Gasteiger partial charge in [-0.1, -0.05) is 12.1 Å². The molecule has 4 heteroatoms. The van der Waals surface area contributed by atoms with Crippen LogP contribution in [-0.2, 0) is 6.42 Å². The number of amides is 1. The van der Waals surface area contributed by atoms with Crippen molar-refractivity contribution in [2.45, 2.75) is 19.3 Å². The predicted molar refractivity (Wildman–Crippen MR) is 59.8 cm³/mol. The third kappa shape index (κ3) is 3.19. The molecular formula is C13H15FNO2-. The maximum absolute atomic E-state index is 12.7. The lowest BCUT2D eigenvalue weighted by atomic mass is 9.91. The van der Waals surface area contributed by atoms with Gasteiger partial charge in [0.15, 0.2) is 0 Å². The van der Waals surface area contributed by atoms with E-state index in [1.54, 1.807) is 12.1 Å². The summed E-state index contributed by atoms with van der Waals surface area (Å²) in [5, 5.41) is 10.8. The normalized spacial score (nSPS) is 20.3. The molecule has 1 atom stereocenters. The third-order valence-electron chi connectivity index (χ3n) is 3.21. The van der Waals surface area contributed by atoms with Crippen molar-refractivity contribution >= 4 is 6.09 Å². The number of carbonyl (C=O) groups is 1. The quantitative estimate of drug-likeness (QED) is 0.779. The van der Waals surface area contributed by atoms with Gasteiger partial charge in [0, 0.05) is 13.1 Å². The van der Waals surface area contributed by atoms with E-state index in [0.717, 1.165) is 24.8 Å². The molecule has 0 saturated carbocycles. The van der Waals surface area contributed by atoms with Crippen LogP contribution in [0.15, 0.2) is 24.3 Å². The van der Waals surface area contributed by atoms with Crippen molar-refractivity contribution in [2.75, 3.05) is 13.1 Å². The number of carboxylic acid groups (broad SMARTS) is 1. The van der Waals surface area contributed by atoms with Gasteiger partial charge in [-0.3, -0.25) is 0 Å². The molecule has 1 aliphatic rings. The molecule has 0 spiro atoms. The highest BCUT2D eigenvalue weighted by molar-refractivity contribution is 5.62. The number of benzene rings is 1. The molecule has 1 amide bonds. The summed E-state index contributed by atoms with van der Waals surface area (Å²) in [6.07, 6.45) is 1.60. The Morgan fingerprint density at radius 3 is 2.76 bits per heavy atom. The second-order valence-electron chi connectivity index (χ2n) is 4.55. The smallest absolute Gasteiger partial charge is 0.136 e. The van der Waals surface area contributed by atoms with Crippen molar-refractivity contribution in [1.82, 2.24) is 4.90 Å². The van der Waals surface area contributed by atoms with Crippen LogP contribution in [0.3, 0.4) is 0 Å². The van der Waals surface area contributed by atoms with Crippen molar-refractivity contribution in [2.24, 2.45) is 5.92 Å². The summed E-state index contributed by atoms with van der Waals surface area (Å²) in [5.74, 6) is 0.0702. The zero-order valence-electron chi connectivity index (χ0n) is 9.56. The van der Waals surface area contributed by atoms with Crippen LogP contribution >= 0.6 is 0 Å². The molecule has 1 aromatic rings. The van der Waals surface area contributed by atoms with Gasteiger partial charge in [0.2, 0.25) is 0 Å². The molecule has 3 nitrogen and oxygen atoms in total. The first-order chi connectivity index (χ1) is 8.15. The van der Waals surface area contributed by atoms with Gasteiger partial charge in [-0.15, -0.1) is 0 Å². The number of halogens is 1. The van der Waals surface area contributed by atoms with Crippen LogP contribution in [0.2, 0.25) is 0 Å². The summed E-state index contributed by atoms with van der Waals surface area (Å²) in [7, 11) is 0. The number of carbonyl (C=O) groups excluding carboxylic acids is 1. The number of nitrogens with zero attached hydrogens (tertiary/aromatic N) is 1. The average molecular weight is 236 g/mol. The summed E-state index contributed by atoms with van der Waals surface area (Å²) in [5.41, 5.74) is 1.05. The molecule has 0 aliphatic carbocycles. The van der Waals surface area contributed by atoms with Crippen LogP contribution in [0.25, 0.3) is 0 Å². The van der Waals surface area contributed by atoms with Gasteiger partial charge in [0.25, 0.3) is 0 Å². The Morgan fingerprint density at radius 1 is 1.41 bits per heavy atom. The molecule has 1 aromatic carbocycles. The number of hydrogen-bond donors (Lipinski definition) is 0. The van der Waals surface area contributed by atoms with E-state index in [1.165, 1.54) is 17.0 Å². The van der Waals surface area contributed by atoms with Crippen molar-refractivity contribution < 1.29 is 14.3 Å². The average Bonchev–Trinajstić information content (AvgIpc) is 2.32.